The molecule has 198 valence electrons. The molecule has 0 radical (unpaired) electrons. The summed E-state index contributed by atoms with van der Waals surface area (Å²) in [5, 5.41) is 3.45. The fraction of sp³-hybridized carbons (Fsp3) is 0.444. The van der Waals surface area contributed by atoms with Crippen molar-refractivity contribution in [3.63, 3.8) is 0 Å². The number of likely N-dealkylation sites (N-methyl/N-ethyl adjacent to an activating group) is 1. The van der Waals surface area contributed by atoms with Crippen molar-refractivity contribution in [2.45, 2.75) is 32.8 Å². The molecule has 1 fully saturated rings. The third-order valence-corrected chi connectivity index (χ3v) is 6.93. The van der Waals surface area contributed by atoms with E-state index in [1.54, 1.807) is 31.2 Å². The highest BCUT2D eigenvalue weighted by Crippen LogP contribution is 2.39. The number of benzene rings is 2. The van der Waals surface area contributed by atoms with Gasteiger partial charge in [-0.3, -0.25) is 10.1 Å². The third kappa shape index (κ3) is 6.69. The van der Waals surface area contributed by atoms with Crippen LogP contribution in [0.15, 0.2) is 36.4 Å². The molecule has 1 aliphatic rings. The molecule has 4 rings (SSSR count). The van der Waals surface area contributed by atoms with E-state index in [0.717, 1.165) is 34.6 Å². The number of hydrogen-bond acceptors (Lipinski definition) is 8. The maximum atomic E-state index is 13.0. The lowest BCUT2D eigenvalue weighted by molar-refractivity contribution is 0.0300. The number of carbonyl (C=O) groups excluding carboxylic acids is 2. The van der Waals surface area contributed by atoms with E-state index in [9.17, 15) is 9.59 Å². The van der Waals surface area contributed by atoms with Crippen LogP contribution in [-0.2, 0) is 15.9 Å². The van der Waals surface area contributed by atoms with Gasteiger partial charge in [0.05, 0.1) is 30.7 Å². The Hall–Kier alpha value is -3.37. The first kappa shape index (κ1) is 26.7. The smallest absolute Gasteiger partial charge is 0.410 e. The van der Waals surface area contributed by atoms with Crippen LogP contribution >= 0.6 is 11.3 Å². The Bertz CT molecular complexity index is 1250. The first-order valence-electron chi connectivity index (χ1n) is 12.3. The highest BCUT2D eigenvalue weighted by molar-refractivity contribution is 7.23. The van der Waals surface area contributed by atoms with Gasteiger partial charge in [-0.2, -0.15) is 0 Å². The number of nitrogens with zero attached hydrogens (tertiary/aromatic N) is 3. The maximum Gasteiger partial charge on any atom is 0.410 e. The van der Waals surface area contributed by atoms with Crippen LogP contribution in [0.1, 0.15) is 36.7 Å². The van der Waals surface area contributed by atoms with Crippen LogP contribution in [-0.4, -0.2) is 74.5 Å². The number of hydrogen-bond donors (Lipinski definition) is 1. The van der Waals surface area contributed by atoms with Crippen LogP contribution in [0.4, 0.5) is 15.6 Å². The molecule has 10 heteroatoms. The second-order valence-corrected chi connectivity index (χ2v) is 10.9. The van der Waals surface area contributed by atoms with Crippen molar-refractivity contribution in [3.05, 3.63) is 47.5 Å². The van der Waals surface area contributed by atoms with Gasteiger partial charge in [-0.25, -0.2) is 9.78 Å². The number of carbonyl (C=O) groups is 2. The molecule has 0 bridgehead atoms. The average Bonchev–Trinajstić information content (AvgIpc) is 3.30. The van der Waals surface area contributed by atoms with Crippen LogP contribution in [0.25, 0.3) is 10.2 Å². The molecule has 0 unspecified atom stereocenters. The monoisotopic (exact) mass is 526 g/mol. The van der Waals surface area contributed by atoms with E-state index in [4.69, 9.17) is 14.2 Å². The summed E-state index contributed by atoms with van der Waals surface area (Å²) in [6.07, 6.45) is 0.298. The minimum Gasteiger partial charge on any atom is -0.494 e. The van der Waals surface area contributed by atoms with Gasteiger partial charge in [-0.05, 0) is 57.0 Å². The van der Waals surface area contributed by atoms with Crippen molar-refractivity contribution >= 4 is 44.4 Å². The highest BCUT2D eigenvalue weighted by atomic mass is 32.1. The number of fused-ring (bicyclic) bond motifs is 1. The lowest BCUT2D eigenvalue weighted by Crippen LogP contribution is -2.36. The van der Waals surface area contributed by atoms with E-state index < -0.39 is 5.60 Å². The summed E-state index contributed by atoms with van der Waals surface area (Å²) in [7, 11) is 3.33. The Balaban J connectivity index is 1.42. The molecule has 2 heterocycles. The molecular formula is C27H34N4O5S. The van der Waals surface area contributed by atoms with E-state index in [1.807, 2.05) is 45.0 Å². The molecule has 9 nitrogen and oxygen atoms in total. The summed E-state index contributed by atoms with van der Waals surface area (Å²) in [6, 6.07) is 11.3. The highest BCUT2D eigenvalue weighted by Gasteiger charge is 2.21. The van der Waals surface area contributed by atoms with Gasteiger partial charge in [0.25, 0.3) is 5.91 Å². The summed E-state index contributed by atoms with van der Waals surface area (Å²) in [5.41, 5.74) is 2.82. The lowest BCUT2D eigenvalue weighted by Gasteiger charge is -2.29. The first-order valence-corrected chi connectivity index (χ1v) is 13.1. The maximum absolute atomic E-state index is 13.0. The van der Waals surface area contributed by atoms with Crippen molar-refractivity contribution in [1.29, 1.82) is 0 Å². The second kappa shape index (κ2) is 11.4. The summed E-state index contributed by atoms with van der Waals surface area (Å²) >= 11 is 1.44. The fourth-order valence-corrected chi connectivity index (χ4v) is 4.98. The Kier molecular flexibility index (Phi) is 8.19. The number of anilines is 2. The van der Waals surface area contributed by atoms with Gasteiger partial charge in [-0.1, -0.05) is 23.5 Å². The number of ether oxygens (including phenoxy) is 3. The zero-order chi connectivity index (χ0) is 26.6. The molecule has 0 spiro atoms. The molecule has 37 heavy (non-hydrogen) atoms. The van der Waals surface area contributed by atoms with E-state index in [-0.39, 0.29) is 12.0 Å². The van der Waals surface area contributed by atoms with Crippen molar-refractivity contribution in [3.8, 4) is 5.75 Å². The SMILES string of the molecule is COc1ccc(N2CCOCC2)c2sc(NC(=O)c3ccc(CCN(C)C(=O)OC(C)(C)C)cc3)nc12. The lowest BCUT2D eigenvalue weighted by atomic mass is 10.1. The molecule has 0 aliphatic carbocycles. The van der Waals surface area contributed by atoms with E-state index >= 15 is 0 Å². The van der Waals surface area contributed by atoms with Crippen LogP contribution in [0.5, 0.6) is 5.75 Å². The summed E-state index contributed by atoms with van der Waals surface area (Å²) in [5.74, 6) is 0.438. The molecule has 2 aromatic carbocycles. The van der Waals surface area contributed by atoms with Gasteiger partial charge < -0.3 is 24.0 Å². The fourth-order valence-electron chi connectivity index (χ4n) is 3.96. The number of methoxy groups -OCH3 is 1. The topological polar surface area (TPSA) is 93.2 Å². The number of amides is 2. The zero-order valence-corrected chi connectivity index (χ0v) is 22.8. The van der Waals surface area contributed by atoms with Gasteiger partial charge in [0, 0.05) is 32.2 Å². The number of morpholine rings is 1. The van der Waals surface area contributed by atoms with Crippen LogP contribution in [0.2, 0.25) is 0 Å². The second-order valence-electron chi connectivity index (χ2n) is 9.89. The molecule has 0 saturated carbocycles. The van der Waals surface area contributed by atoms with E-state index in [0.29, 0.717) is 42.6 Å². The van der Waals surface area contributed by atoms with Crippen LogP contribution in [0, 0.1) is 0 Å². The number of rotatable bonds is 7. The zero-order valence-electron chi connectivity index (χ0n) is 22.0. The van der Waals surface area contributed by atoms with Gasteiger partial charge in [-0.15, -0.1) is 0 Å². The first-order chi connectivity index (χ1) is 17.6. The minimum atomic E-state index is -0.529. The predicted octanol–water partition coefficient (Wildman–Crippen LogP) is 4.80. The van der Waals surface area contributed by atoms with Crippen molar-refractivity contribution in [2.24, 2.45) is 0 Å². The van der Waals surface area contributed by atoms with Crippen molar-refractivity contribution in [2.75, 3.05) is 57.2 Å². The molecular weight excluding hydrogens is 492 g/mol. The number of thiazole rings is 1. The molecule has 3 aromatic rings. The minimum absolute atomic E-state index is 0.233. The Morgan fingerprint density at radius 1 is 1.14 bits per heavy atom. The Morgan fingerprint density at radius 3 is 2.49 bits per heavy atom. The van der Waals surface area contributed by atoms with Gasteiger partial charge in [0.2, 0.25) is 0 Å². The van der Waals surface area contributed by atoms with Gasteiger partial charge in [0.15, 0.2) is 5.13 Å². The molecule has 2 amide bonds. The molecule has 0 atom stereocenters. The number of nitrogens with one attached hydrogen (secondary N) is 1. The van der Waals surface area contributed by atoms with Crippen LogP contribution < -0.4 is 15.0 Å². The van der Waals surface area contributed by atoms with Crippen LogP contribution in [0.3, 0.4) is 0 Å². The molecule has 1 aliphatic heterocycles. The van der Waals surface area contributed by atoms with Gasteiger partial charge in [0.1, 0.15) is 16.9 Å². The largest absolute Gasteiger partial charge is 0.494 e. The van der Waals surface area contributed by atoms with Crippen molar-refractivity contribution in [1.82, 2.24) is 9.88 Å². The average molecular weight is 527 g/mol. The van der Waals surface area contributed by atoms with Gasteiger partial charge >= 0.3 is 6.09 Å². The van der Waals surface area contributed by atoms with Crippen molar-refractivity contribution < 1.29 is 23.8 Å². The molecule has 1 aromatic heterocycles. The normalized spacial score (nSPS) is 13.9. The molecule has 1 N–H and O–H groups in total. The van der Waals surface area contributed by atoms with E-state index in [1.165, 1.54) is 11.3 Å². The summed E-state index contributed by atoms with van der Waals surface area (Å²) in [4.78, 5) is 33.6. The summed E-state index contributed by atoms with van der Waals surface area (Å²) < 4.78 is 17.4. The Morgan fingerprint density at radius 2 is 1.84 bits per heavy atom. The number of aromatic nitrogens is 1. The third-order valence-electron chi connectivity index (χ3n) is 5.94. The Labute approximate surface area is 221 Å². The predicted molar refractivity (Wildman–Crippen MR) is 146 cm³/mol. The quantitative estimate of drug-likeness (QED) is 0.473. The standard InChI is InChI=1S/C27H34N4O5S/c1-27(2,3)36-26(33)30(4)13-12-18-6-8-19(9-7-18)24(32)29-25-28-22-21(34-5)11-10-20(23(22)37-25)31-14-16-35-17-15-31/h6-11H,12-17H2,1-5H3,(H,28,29,32). The summed E-state index contributed by atoms with van der Waals surface area (Å²) in [6.45, 7) is 9.02. The van der Waals surface area contributed by atoms with E-state index in [2.05, 4.69) is 15.2 Å². The molecule has 1 saturated heterocycles.